The number of benzene rings is 3. The highest BCUT2D eigenvalue weighted by Gasteiger charge is 2.22. The van der Waals surface area contributed by atoms with Crippen molar-refractivity contribution in [3.63, 3.8) is 0 Å². The molecule has 0 bridgehead atoms. The highest BCUT2D eigenvalue weighted by Crippen LogP contribution is 2.37. The minimum absolute atomic E-state index is 0.0141. The van der Waals surface area contributed by atoms with Crippen molar-refractivity contribution in [2.24, 2.45) is 4.99 Å². The van der Waals surface area contributed by atoms with Gasteiger partial charge in [-0.15, -0.1) is 0 Å². The lowest BCUT2D eigenvalue weighted by Gasteiger charge is -2.00. The van der Waals surface area contributed by atoms with Gasteiger partial charge in [-0.05, 0) is 36.4 Å². The van der Waals surface area contributed by atoms with Gasteiger partial charge in [0.2, 0.25) is 12.7 Å². The molecule has 0 saturated heterocycles. The maximum absolute atomic E-state index is 14.0. The van der Waals surface area contributed by atoms with Crippen LogP contribution >= 0.6 is 0 Å². The van der Waals surface area contributed by atoms with Gasteiger partial charge in [-0.25, -0.2) is 9.37 Å². The molecule has 9 heteroatoms. The predicted octanol–water partition coefficient (Wildman–Crippen LogP) is 5.02. The van der Waals surface area contributed by atoms with Gasteiger partial charge in [-0.3, -0.25) is 15.1 Å². The van der Waals surface area contributed by atoms with E-state index < -0.39 is 10.7 Å². The van der Waals surface area contributed by atoms with Crippen molar-refractivity contribution in [1.29, 1.82) is 0 Å². The molecule has 1 aliphatic rings. The first-order chi connectivity index (χ1) is 14.6. The molecular weight excluding hydrogens is 393 g/mol. The normalized spacial score (nSPS) is 12.7. The van der Waals surface area contributed by atoms with E-state index in [1.54, 1.807) is 36.4 Å². The van der Waals surface area contributed by atoms with Crippen molar-refractivity contribution in [3.8, 4) is 23.0 Å². The van der Waals surface area contributed by atoms with Gasteiger partial charge in [-0.1, -0.05) is 12.1 Å². The van der Waals surface area contributed by atoms with Gasteiger partial charge < -0.3 is 13.9 Å². The first-order valence-corrected chi connectivity index (χ1v) is 8.86. The summed E-state index contributed by atoms with van der Waals surface area (Å²) < 4.78 is 30.1. The predicted molar refractivity (Wildman–Crippen MR) is 106 cm³/mol. The lowest BCUT2D eigenvalue weighted by molar-refractivity contribution is -0.385. The Morgan fingerprint density at radius 1 is 1.10 bits per heavy atom. The zero-order valence-corrected chi connectivity index (χ0v) is 15.2. The molecule has 0 atom stereocenters. The average molecular weight is 405 g/mol. The number of hydrogen-bond donors (Lipinski definition) is 0. The van der Waals surface area contributed by atoms with Gasteiger partial charge in [0.05, 0.1) is 27.8 Å². The quantitative estimate of drug-likeness (QED) is 0.268. The summed E-state index contributed by atoms with van der Waals surface area (Å²) in [5.41, 5.74) is 1.85. The van der Waals surface area contributed by atoms with E-state index in [-0.39, 0.29) is 29.5 Å². The number of aromatic nitrogens is 1. The lowest BCUT2D eigenvalue weighted by atomic mass is 10.1. The zero-order valence-electron chi connectivity index (χ0n) is 15.2. The van der Waals surface area contributed by atoms with Crippen LogP contribution in [0, 0.1) is 15.9 Å². The minimum atomic E-state index is -0.509. The fraction of sp³-hybridized carbons (Fsp3) is 0.0476. The van der Waals surface area contributed by atoms with Gasteiger partial charge in [0, 0.05) is 6.21 Å². The van der Waals surface area contributed by atoms with E-state index >= 15 is 0 Å². The molecule has 0 spiro atoms. The molecular formula is C21H12FN3O5. The van der Waals surface area contributed by atoms with Crippen molar-refractivity contribution in [2.75, 3.05) is 6.79 Å². The Bertz CT molecular complexity index is 1330. The van der Waals surface area contributed by atoms with Crippen molar-refractivity contribution >= 4 is 28.7 Å². The van der Waals surface area contributed by atoms with E-state index in [9.17, 15) is 14.5 Å². The molecule has 0 radical (unpaired) electrons. The molecule has 0 unspecified atom stereocenters. The number of ether oxygens (including phenoxy) is 2. The van der Waals surface area contributed by atoms with E-state index in [2.05, 4.69) is 9.98 Å². The summed E-state index contributed by atoms with van der Waals surface area (Å²) in [6.07, 6.45) is 1.37. The molecule has 8 nitrogen and oxygen atoms in total. The topological polar surface area (TPSA) is 100.0 Å². The highest BCUT2D eigenvalue weighted by molar-refractivity contribution is 5.89. The second-order valence-electron chi connectivity index (χ2n) is 6.43. The second-order valence-corrected chi connectivity index (χ2v) is 6.43. The van der Waals surface area contributed by atoms with E-state index in [0.717, 1.165) is 0 Å². The van der Waals surface area contributed by atoms with E-state index in [1.807, 2.05) is 0 Å². The number of oxazole rings is 1. The summed E-state index contributed by atoms with van der Waals surface area (Å²) in [6.45, 7) is 0.0141. The standard InChI is InChI=1S/C21H12FN3O5/c22-15-4-2-1-3-14(15)21-24-16-8-13(5-6-18(16)30-21)23-10-12-7-19-20(29-11-28-19)9-17(12)25(26)27/h1-10H,11H2. The largest absolute Gasteiger partial charge is 0.454 e. The minimum Gasteiger partial charge on any atom is -0.454 e. The van der Waals surface area contributed by atoms with Crippen LogP contribution in [0.1, 0.15) is 5.56 Å². The van der Waals surface area contributed by atoms with Gasteiger partial charge in [0.1, 0.15) is 11.3 Å². The zero-order chi connectivity index (χ0) is 20.7. The summed E-state index contributed by atoms with van der Waals surface area (Å²) in [4.78, 5) is 19.5. The highest BCUT2D eigenvalue weighted by atomic mass is 19.1. The molecule has 2 heterocycles. The Kier molecular flexibility index (Phi) is 4.13. The Hall–Kier alpha value is -4.27. The Morgan fingerprint density at radius 3 is 2.70 bits per heavy atom. The molecule has 0 fully saturated rings. The third kappa shape index (κ3) is 3.12. The Balaban J connectivity index is 1.50. The number of halogens is 1. The number of hydrogen-bond acceptors (Lipinski definition) is 7. The molecule has 0 N–H and O–H groups in total. The van der Waals surface area contributed by atoms with Crippen LogP contribution in [-0.4, -0.2) is 22.9 Å². The first-order valence-electron chi connectivity index (χ1n) is 8.86. The van der Waals surface area contributed by atoms with Crippen molar-refractivity contribution in [1.82, 2.24) is 4.98 Å². The van der Waals surface area contributed by atoms with Crippen LogP contribution in [0.3, 0.4) is 0 Å². The van der Waals surface area contributed by atoms with Crippen LogP contribution in [0.4, 0.5) is 15.8 Å². The van der Waals surface area contributed by atoms with Gasteiger partial charge in [0.15, 0.2) is 17.1 Å². The molecule has 0 aliphatic carbocycles. The van der Waals surface area contributed by atoms with E-state index in [4.69, 9.17) is 13.9 Å². The molecule has 30 heavy (non-hydrogen) atoms. The molecule has 0 saturated carbocycles. The molecule has 148 valence electrons. The van der Waals surface area contributed by atoms with Gasteiger partial charge in [-0.2, -0.15) is 0 Å². The fourth-order valence-corrected chi connectivity index (χ4v) is 3.10. The van der Waals surface area contributed by atoms with Crippen LogP contribution in [0.2, 0.25) is 0 Å². The summed E-state index contributed by atoms with van der Waals surface area (Å²) in [6, 6.07) is 14.0. The number of nitro benzene ring substituents is 1. The molecule has 0 amide bonds. The third-order valence-electron chi connectivity index (χ3n) is 4.55. The molecule has 4 aromatic rings. The molecule has 1 aliphatic heterocycles. The van der Waals surface area contributed by atoms with Crippen molar-refractivity contribution in [3.05, 3.63) is 76.1 Å². The van der Waals surface area contributed by atoms with Crippen LogP contribution in [0.5, 0.6) is 11.5 Å². The number of aliphatic imine (C=N–C) groups is 1. The van der Waals surface area contributed by atoms with E-state index in [1.165, 1.54) is 24.4 Å². The van der Waals surface area contributed by atoms with Gasteiger partial charge >= 0.3 is 0 Å². The average Bonchev–Trinajstić information content (AvgIpc) is 3.37. The van der Waals surface area contributed by atoms with Crippen LogP contribution < -0.4 is 9.47 Å². The summed E-state index contributed by atoms with van der Waals surface area (Å²) >= 11 is 0. The Labute approximate surface area is 168 Å². The monoisotopic (exact) mass is 405 g/mol. The maximum Gasteiger partial charge on any atom is 0.282 e. The van der Waals surface area contributed by atoms with Crippen molar-refractivity contribution < 1.29 is 23.2 Å². The molecule has 3 aromatic carbocycles. The summed E-state index contributed by atoms with van der Waals surface area (Å²) in [5, 5.41) is 11.4. The van der Waals surface area contributed by atoms with Crippen LogP contribution in [0.15, 0.2) is 64.0 Å². The SMILES string of the molecule is O=[N+]([O-])c1cc2c(cc1C=Nc1ccc3oc(-c4ccccc4F)nc3c1)OCO2. The molecule has 5 rings (SSSR count). The third-order valence-corrected chi connectivity index (χ3v) is 4.55. The maximum atomic E-state index is 14.0. The lowest BCUT2D eigenvalue weighted by Crippen LogP contribution is -1.94. The summed E-state index contributed by atoms with van der Waals surface area (Å²) in [7, 11) is 0. The second kappa shape index (κ2) is 6.96. The van der Waals surface area contributed by atoms with E-state index in [0.29, 0.717) is 28.3 Å². The fourth-order valence-electron chi connectivity index (χ4n) is 3.10. The number of fused-ring (bicyclic) bond motifs is 2. The number of rotatable bonds is 4. The Morgan fingerprint density at radius 2 is 1.90 bits per heavy atom. The van der Waals surface area contributed by atoms with Gasteiger partial charge in [0.25, 0.3) is 5.69 Å². The molecule has 1 aromatic heterocycles. The van der Waals surface area contributed by atoms with Crippen molar-refractivity contribution in [2.45, 2.75) is 0 Å². The van der Waals surface area contributed by atoms with Crippen LogP contribution in [-0.2, 0) is 0 Å². The first kappa shape index (κ1) is 17.8. The number of nitrogens with zero attached hydrogens (tertiary/aromatic N) is 3. The smallest absolute Gasteiger partial charge is 0.282 e. The summed E-state index contributed by atoms with van der Waals surface area (Å²) in [5.74, 6) is 0.472. The van der Waals surface area contributed by atoms with Crippen LogP contribution in [0.25, 0.3) is 22.6 Å². The number of nitro groups is 1.